The van der Waals surface area contributed by atoms with Crippen molar-refractivity contribution in [1.29, 1.82) is 0 Å². The van der Waals surface area contributed by atoms with Gasteiger partial charge in [0.25, 0.3) is 0 Å². The lowest BCUT2D eigenvalue weighted by Crippen LogP contribution is -2.40. The van der Waals surface area contributed by atoms with Crippen LogP contribution in [0.2, 0.25) is 0 Å². The maximum absolute atomic E-state index is 12.0. The summed E-state index contributed by atoms with van der Waals surface area (Å²) in [4.78, 5) is 23.3. The van der Waals surface area contributed by atoms with Crippen LogP contribution in [0.5, 0.6) is 5.75 Å². The molecule has 2 fully saturated rings. The van der Waals surface area contributed by atoms with Gasteiger partial charge in [0.15, 0.2) is 6.29 Å². The third kappa shape index (κ3) is 2.90. The van der Waals surface area contributed by atoms with Crippen LogP contribution < -0.4 is 0 Å². The molecule has 0 saturated heterocycles. The number of aryl methyl sites for hydroxylation is 1. The van der Waals surface area contributed by atoms with Crippen LogP contribution in [-0.2, 0) is 16.0 Å². The Hall–Kier alpha value is -2.10. The second-order valence-corrected chi connectivity index (χ2v) is 8.56. The molecule has 0 unspecified atom stereocenters. The van der Waals surface area contributed by atoms with Crippen molar-refractivity contribution in [2.75, 3.05) is 6.61 Å². The number of carbonyl (C=O) groups is 2. The van der Waals surface area contributed by atoms with Crippen LogP contribution in [0.4, 0.5) is 0 Å². The molecule has 1 N–H and O–H groups in total. The zero-order valence-corrected chi connectivity index (χ0v) is 16.2. The summed E-state index contributed by atoms with van der Waals surface area (Å²) in [6.07, 6.45) is 8.79. The fourth-order valence-electron chi connectivity index (χ4n) is 6.13. The minimum Gasteiger partial charge on any atom is -0.507 e. The highest BCUT2D eigenvalue weighted by Gasteiger charge is 2.52. The van der Waals surface area contributed by atoms with Gasteiger partial charge in [-0.1, -0.05) is 12.5 Å². The predicted octanol–water partition coefficient (Wildman–Crippen LogP) is 4.55. The molecule has 2 saturated carbocycles. The van der Waals surface area contributed by atoms with Gasteiger partial charge in [-0.25, -0.2) is 4.79 Å². The number of aromatic hydroxyl groups is 1. The Morgan fingerprint density at radius 2 is 2.11 bits per heavy atom. The fraction of sp³-hybridized carbons (Fsp3) is 0.565. The molecule has 0 heterocycles. The van der Waals surface area contributed by atoms with Crippen molar-refractivity contribution in [3.63, 3.8) is 0 Å². The summed E-state index contributed by atoms with van der Waals surface area (Å²) in [5.74, 6) is 1.49. The number of aldehydes is 1. The molecule has 3 aliphatic carbocycles. The van der Waals surface area contributed by atoms with Crippen molar-refractivity contribution in [3.8, 4) is 5.75 Å². The highest BCUT2D eigenvalue weighted by atomic mass is 16.5. The van der Waals surface area contributed by atoms with Gasteiger partial charge in [-0.05, 0) is 91.9 Å². The second-order valence-electron chi connectivity index (χ2n) is 8.56. The second kappa shape index (κ2) is 6.81. The average Bonchev–Trinajstić information content (AvgIpc) is 2.97. The maximum atomic E-state index is 12.0. The Morgan fingerprint density at radius 3 is 2.85 bits per heavy atom. The van der Waals surface area contributed by atoms with Crippen molar-refractivity contribution in [1.82, 2.24) is 0 Å². The van der Waals surface area contributed by atoms with Gasteiger partial charge in [-0.15, -0.1) is 0 Å². The van der Waals surface area contributed by atoms with Crippen LogP contribution >= 0.6 is 0 Å². The summed E-state index contributed by atoms with van der Waals surface area (Å²) < 4.78 is 5.15. The number of carbonyl (C=O) groups excluding carboxylic acids is 2. The van der Waals surface area contributed by atoms with Crippen LogP contribution in [0.3, 0.4) is 0 Å². The lowest BCUT2D eigenvalue weighted by molar-refractivity contribution is -0.137. The fourth-order valence-corrected chi connectivity index (χ4v) is 6.13. The van der Waals surface area contributed by atoms with Crippen LogP contribution in [0.25, 0.3) is 0 Å². The van der Waals surface area contributed by atoms with Crippen LogP contribution in [0.1, 0.15) is 73.4 Å². The van der Waals surface area contributed by atoms with E-state index in [-0.39, 0.29) is 17.1 Å². The van der Waals surface area contributed by atoms with Crippen LogP contribution in [-0.4, -0.2) is 24.0 Å². The van der Waals surface area contributed by atoms with Gasteiger partial charge in [0.1, 0.15) is 5.75 Å². The number of phenols is 1. The van der Waals surface area contributed by atoms with E-state index in [1.807, 2.05) is 13.0 Å². The molecule has 0 spiro atoms. The Bertz CT molecular complexity index is 809. The van der Waals surface area contributed by atoms with E-state index in [0.29, 0.717) is 29.9 Å². The van der Waals surface area contributed by atoms with Crippen molar-refractivity contribution in [3.05, 3.63) is 40.5 Å². The Morgan fingerprint density at radius 1 is 1.30 bits per heavy atom. The van der Waals surface area contributed by atoms with Gasteiger partial charge in [-0.3, -0.25) is 4.79 Å². The number of hydrogen-bond acceptors (Lipinski definition) is 4. The van der Waals surface area contributed by atoms with Gasteiger partial charge in [0.2, 0.25) is 0 Å². The summed E-state index contributed by atoms with van der Waals surface area (Å²) in [7, 11) is 0. The standard InChI is InChI=1S/C23H28O4/c1-3-27-22(26)12-16-5-7-20-18-6-4-14-11-21(25)15(13-24)10-19(14)17(18)8-9-23(16,20)2/h10-13,17-18,20,25H,3-9H2,1-2H3/t17-,18+,20-,23+/m0/s1. The summed E-state index contributed by atoms with van der Waals surface area (Å²) in [5.41, 5.74) is 4.20. The largest absolute Gasteiger partial charge is 0.507 e. The summed E-state index contributed by atoms with van der Waals surface area (Å²) in [6, 6.07) is 3.71. The molecule has 4 atom stereocenters. The SMILES string of the molecule is CCOC(=O)C=C1CC[C@H]2[C@@H]3CCc4cc(O)c(C=O)cc4[C@H]3CC[C@]12C. The van der Waals surface area contributed by atoms with Crippen LogP contribution in [0, 0.1) is 17.3 Å². The van der Waals surface area contributed by atoms with E-state index < -0.39 is 0 Å². The lowest BCUT2D eigenvalue weighted by atomic mass is 9.55. The number of rotatable bonds is 3. The number of esters is 1. The van der Waals surface area contributed by atoms with Gasteiger partial charge in [0.05, 0.1) is 12.2 Å². The molecule has 0 amide bonds. The van der Waals surface area contributed by atoms with Gasteiger partial charge in [-0.2, -0.15) is 0 Å². The van der Waals surface area contributed by atoms with Crippen molar-refractivity contribution in [2.24, 2.45) is 17.3 Å². The summed E-state index contributed by atoms with van der Waals surface area (Å²) >= 11 is 0. The average molecular weight is 368 g/mol. The molecular weight excluding hydrogens is 340 g/mol. The van der Waals surface area contributed by atoms with E-state index >= 15 is 0 Å². The molecule has 144 valence electrons. The third-order valence-corrected chi connectivity index (χ3v) is 7.43. The molecule has 0 aromatic heterocycles. The number of phenolic OH excluding ortho intramolecular Hbond substituents is 1. The molecule has 1 aromatic carbocycles. The molecule has 27 heavy (non-hydrogen) atoms. The molecular formula is C23H28O4. The number of hydrogen-bond donors (Lipinski definition) is 1. The van der Waals surface area contributed by atoms with E-state index in [4.69, 9.17) is 4.74 Å². The zero-order chi connectivity index (χ0) is 19.2. The van der Waals surface area contributed by atoms with Gasteiger partial charge < -0.3 is 9.84 Å². The number of benzene rings is 1. The molecule has 0 radical (unpaired) electrons. The summed E-state index contributed by atoms with van der Waals surface area (Å²) in [5, 5.41) is 10.0. The molecule has 0 bridgehead atoms. The van der Waals surface area contributed by atoms with Crippen LogP contribution in [0.15, 0.2) is 23.8 Å². The minimum atomic E-state index is -0.211. The van der Waals surface area contributed by atoms with Gasteiger partial charge >= 0.3 is 5.97 Å². The van der Waals surface area contributed by atoms with E-state index in [9.17, 15) is 14.7 Å². The maximum Gasteiger partial charge on any atom is 0.330 e. The van der Waals surface area contributed by atoms with E-state index in [1.54, 1.807) is 12.1 Å². The molecule has 4 nitrogen and oxygen atoms in total. The molecule has 3 aliphatic rings. The highest BCUT2D eigenvalue weighted by Crippen LogP contribution is 2.62. The molecule has 4 heteroatoms. The topological polar surface area (TPSA) is 63.6 Å². The smallest absolute Gasteiger partial charge is 0.330 e. The predicted molar refractivity (Wildman–Crippen MR) is 103 cm³/mol. The number of fused-ring (bicyclic) bond motifs is 5. The monoisotopic (exact) mass is 368 g/mol. The van der Waals surface area contributed by atoms with Gasteiger partial charge in [0, 0.05) is 6.08 Å². The Labute approximate surface area is 160 Å². The first-order valence-electron chi connectivity index (χ1n) is 10.2. The van der Waals surface area contributed by atoms with E-state index in [0.717, 1.165) is 44.8 Å². The first-order valence-corrected chi connectivity index (χ1v) is 10.2. The quantitative estimate of drug-likeness (QED) is 0.483. The number of ether oxygens (including phenoxy) is 1. The lowest BCUT2D eigenvalue weighted by Gasteiger charge is -2.49. The zero-order valence-electron chi connectivity index (χ0n) is 16.2. The van der Waals surface area contributed by atoms with Crippen molar-refractivity contribution in [2.45, 2.75) is 58.3 Å². The van der Waals surface area contributed by atoms with Crippen molar-refractivity contribution >= 4 is 12.3 Å². The third-order valence-electron chi connectivity index (χ3n) is 7.43. The minimum absolute atomic E-state index is 0.0792. The van der Waals surface area contributed by atoms with E-state index in [1.165, 1.54) is 16.7 Å². The first-order chi connectivity index (χ1) is 13.0. The number of allylic oxidation sites excluding steroid dienone is 1. The Kier molecular flexibility index (Phi) is 4.61. The van der Waals surface area contributed by atoms with Crippen molar-refractivity contribution < 1.29 is 19.4 Å². The molecule has 4 rings (SSSR count). The normalized spacial score (nSPS) is 33.1. The Balaban J connectivity index is 1.65. The highest BCUT2D eigenvalue weighted by molar-refractivity contribution is 5.83. The first kappa shape index (κ1) is 18.3. The molecule has 0 aliphatic heterocycles. The van der Waals surface area contributed by atoms with E-state index in [2.05, 4.69) is 6.92 Å². The molecule has 1 aromatic rings. The summed E-state index contributed by atoms with van der Waals surface area (Å²) in [6.45, 7) is 4.58.